The molecule has 4 rings (SSSR count). The minimum atomic E-state index is -2.37. The number of carbonyl (C=O) groups is 2. The van der Waals surface area contributed by atoms with Crippen molar-refractivity contribution in [2.75, 3.05) is 13.7 Å². The summed E-state index contributed by atoms with van der Waals surface area (Å²) in [6.07, 6.45) is -1.41. The van der Waals surface area contributed by atoms with Gasteiger partial charge < -0.3 is 9.47 Å². The van der Waals surface area contributed by atoms with Crippen molar-refractivity contribution < 1.29 is 41.0 Å². The molecule has 1 amide bonds. The first-order valence-corrected chi connectivity index (χ1v) is 10.0. The third kappa shape index (κ3) is 3.85. The normalized spacial score (nSPS) is 12.2. The van der Waals surface area contributed by atoms with E-state index in [0.717, 1.165) is 29.4 Å². The molecule has 3 aromatic rings. The van der Waals surface area contributed by atoms with E-state index in [-0.39, 0.29) is 6.54 Å². The third-order valence-electron chi connectivity index (χ3n) is 5.46. The van der Waals surface area contributed by atoms with Crippen molar-refractivity contribution in [3.05, 3.63) is 88.7 Å². The lowest BCUT2D eigenvalue weighted by molar-refractivity contribution is -0.135. The number of methoxy groups -OCH3 is 1. The van der Waals surface area contributed by atoms with Crippen LogP contribution in [0.1, 0.15) is 23.6 Å². The van der Waals surface area contributed by atoms with Gasteiger partial charge in [0.15, 0.2) is 0 Å². The molecule has 34 heavy (non-hydrogen) atoms. The summed E-state index contributed by atoms with van der Waals surface area (Å²) in [5, 5.41) is 0. The lowest BCUT2D eigenvalue weighted by Crippen LogP contribution is -2.36. The molecule has 0 saturated heterocycles. The summed E-state index contributed by atoms with van der Waals surface area (Å²) in [6, 6.07) is 14.0. The lowest BCUT2D eigenvalue weighted by Gasteiger charge is -2.29. The average Bonchev–Trinajstić information content (AvgIpc) is 3.18. The topological polar surface area (TPSA) is 55.8 Å². The van der Waals surface area contributed by atoms with Crippen LogP contribution in [0, 0.1) is 29.1 Å². The van der Waals surface area contributed by atoms with Crippen molar-refractivity contribution in [1.82, 2.24) is 4.90 Å². The second kappa shape index (κ2) is 9.12. The number of hydrogen-bond acceptors (Lipinski definition) is 4. The van der Waals surface area contributed by atoms with Crippen LogP contribution in [0.4, 0.5) is 26.7 Å². The highest BCUT2D eigenvalue weighted by atomic mass is 19.2. The molecule has 0 aliphatic heterocycles. The average molecular weight is 477 g/mol. The summed E-state index contributed by atoms with van der Waals surface area (Å²) in [4.78, 5) is 26.1. The van der Waals surface area contributed by atoms with E-state index < -0.39 is 59.4 Å². The minimum absolute atomic E-state index is 0.325. The minimum Gasteiger partial charge on any atom is -0.453 e. The predicted molar refractivity (Wildman–Crippen MR) is 109 cm³/mol. The number of hydrogen-bond donors (Lipinski definition) is 0. The third-order valence-corrected chi connectivity index (χ3v) is 5.46. The molecule has 0 heterocycles. The van der Waals surface area contributed by atoms with Crippen LogP contribution in [0.25, 0.3) is 11.1 Å². The number of rotatable bonds is 5. The summed E-state index contributed by atoms with van der Waals surface area (Å²) in [5.41, 5.74) is 3.28. The van der Waals surface area contributed by atoms with E-state index in [4.69, 9.17) is 4.74 Å². The molecule has 0 unspecified atom stereocenters. The number of esters is 1. The van der Waals surface area contributed by atoms with Crippen LogP contribution in [0.3, 0.4) is 0 Å². The van der Waals surface area contributed by atoms with Gasteiger partial charge in [0.1, 0.15) is 0 Å². The first-order chi connectivity index (χ1) is 16.3. The summed E-state index contributed by atoms with van der Waals surface area (Å²) in [6.45, 7) is -0.325. The Hall–Kier alpha value is -3.95. The molecule has 0 atom stereocenters. The van der Waals surface area contributed by atoms with E-state index in [1.54, 1.807) is 12.1 Å². The Labute approximate surface area is 190 Å². The van der Waals surface area contributed by atoms with Gasteiger partial charge in [0, 0.05) is 6.54 Å². The van der Waals surface area contributed by atoms with Crippen LogP contribution in [0.2, 0.25) is 0 Å². The number of amides is 1. The van der Waals surface area contributed by atoms with E-state index >= 15 is 0 Å². The molecule has 0 aromatic heterocycles. The molecule has 0 N–H and O–H groups in total. The van der Waals surface area contributed by atoms with Gasteiger partial charge in [-0.15, -0.1) is 0 Å². The first kappa shape index (κ1) is 23.2. The Morgan fingerprint density at radius 1 is 0.794 bits per heavy atom. The second-order valence-electron chi connectivity index (χ2n) is 7.36. The maximum atomic E-state index is 13.8. The molecular formula is C24H16F5NO4. The SMILES string of the molecule is COC(=O)N(CCC(=O)Oc1c(F)c(F)c(F)c(F)c1F)C1c2ccccc2-c2ccccc21. The number of benzene rings is 3. The second-order valence-corrected chi connectivity index (χ2v) is 7.36. The number of carbonyl (C=O) groups excluding carboxylic acids is 2. The highest BCUT2D eigenvalue weighted by Crippen LogP contribution is 2.46. The molecule has 176 valence electrons. The molecule has 0 radical (unpaired) electrons. The van der Waals surface area contributed by atoms with Crippen molar-refractivity contribution in [3.8, 4) is 16.9 Å². The van der Waals surface area contributed by atoms with Gasteiger partial charge in [-0.25, -0.2) is 18.0 Å². The van der Waals surface area contributed by atoms with Gasteiger partial charge in [-0.05, 0) is 22.3 Å². The van der Waals surface area contributed by atoms with Crippen LogP contribution in [0.5, 0.6) is 5.75 Å². The summed E-state index contributed by atoms with van der Waals surface area (Å²) in [5.74, 6) is -14.4. The van der Waals surface area contributed by atoms with Crippen LogP contribution >= 0.6 is 0 Å². The van der Waals surface area contributed by atoms with Gasteiger partial charge in [-0.1, -0.05) is 48.5 Å². The summed E-state index contributed by atoms with van der Waals surface area (Å²) in [7, 11) is 1.15. The molecule has 0 fully saturated rings. The molecule has 5 nitrogen and oxygen atoms in total. The molecule has 0 saturated carbocycles. The number of nitrogens with zero attached hydrogens (tertiary/aromatic N) is 1. The van der Waals surface area contributed by atoms with Crippen LogP contribution < -0.4 is 4.74 Å². The molecule has 3 aromatic carbocycles. The molecular weight excluding hydrogens is 461 g/mol. The Bertz CT molecular complexity index is 1220. The van der Waals surface area contributed by atoms with Crippen molar-refractivity contribution in [2.24, 2.45) is 0 Å². The van der Waals surface area contributed by atoms with E-state index in [1.807, 2.05) is 36.4 Å². The monoisotopic (exact) mass is 477 g/mol. The Kier molecular flexibility index (Phi) is 6.23. The van der Waals surface area contributed by atoms with Crippen molar-refractivity contribution >= 4 is 12.1 Å². The van der Waals surface area contributed by atoms with Crippen molar-refractivity contribution in [1.29, 1.82) is 0 Å². The maximum absolute atomic E-state index is 13.8. The quantitative estimate of drug-likeness (QED) is 0.160. The van der Waals surface area contributed by atoms with Crippen molar-refractivity contribution in [2.45, 2.75) is 12.5 Å². The van der Waals surface area contributed by atoms with Crippen LogP contribution in [-0.2, 0) is 9.53 Å². The van der Waals surface area contributed by atoms with Gasteiger partial charge in [0.2, 0.25) is 34.8 Å². The van der Waals surface area contributed by atoms with Crippen LogP contribution in [-0.4, -0.2) is 30.6 Å². The van der Waals surface area contributed by atoms with Crippen LogP contribution in [0.15, 0.2) is 48.5 Å². The van der Waals surface area contributed by atoms with Gasteiger partial charge in [0.25, 0.3) is 0 Å². The van der Waals surface area contributed by atoms with E-state index in [2.05, 4.69) is 4.74 Å². The number of ether oxygens (including phenoxy) is 2. The van der Waals surface area contributed by atoms with E-state index in [9.17, 15) is 31.5 Å². The number of fused-ring (bicyclic) bond motifs is 3. The molecule has 0 spiro atoms. The Balaban J connectivity index is 1.60. The summed E-state index contributed by atoms with van der Waals surface area (Å²) >= 11 is 0. The van der Waals surface area contributed by atoms with Gasteiger partial charge in [0.05, 0.1) is 19.6 Å². The van der Waals surface area contributed by atoms with Crippen molar-refractivity contribution in [3.63, 3.8) is 0 Å². The lowest BCUT2D eigenvalue weighted by atomic mass is 10.0. The van der Waals surface area contributed by atoms with Gasteiger partial charge in [-0.2, -0.15) is 8.78 Å². The van der Waals surface area contributed by atoms with E-state index in [0.29, 0.717) is 0 Å². The molecule has 10 heteroatoms. The highest BCUT2D eigenvalue weighted by molar-refractivity contribution is 5.81. The van der Waals surface area contributed by atoms with Gasteiger partial charge >= 0.3 is 12.1 Å². The Morgan fingerprint density at radius 3 is 1.76 bits per heavy atom. The van der Waals surface area contributed by atoms with E-state index in [1.165, 1.54) is 4.90 Å². The fraction of sp³-hybridized carbons (Fsp3) is 0.167. The zero-order valence-corrected chi connectivity index (χ0v) is 17.6. The molecule has 1 aliphatic carbocycles. The summed E-state index contributed by atoms with van der Waals surface area (Å²) < 4.78 is 77.0. The zero-order chi connectivity index (χ0) is 24.6. The molecule has 0 bridgehead atoms. The highest BCUT2D eigenvalue weighted by Gasteiger charge is 2.36. The largest absolute Gasteiger partial charge is 0.453 e. The fourth-order valence-corrected chi connectivity index (χ4v) is 3.96. The number of halogens is 5. The maximum Gasteiger partial charge on any atom is 0.410 e. The molecule has 1 aliphatic rings. The van der Waals surface area contributed by atoms with Gasteiger partial charge in [-0.3, -0.25) is 9.69 Å². The Morgan fingerprint density at radius 2 is 1.26 bits per heavy atom. The smallest absolute Gasteiger partial charge is 0.410 e. The predicted octanol–water partition coefficient (Wildman–Crippen LogP) is 5.52. The first-order valence-electron chi connectivity index (χ1n) is 10.0. The zero-order valence-electron chi connectivity index (χ0n) is 17.6. The standard InChI is InChI=1S/C24H16F5NO4/c1-33-24(32)30(22-14-8-4-2-6-12(14)13-7-3-5-9-15(13)22)11-10-16(31)34-23-20(28)18(26)17(25)19(27)21(23)29/h2-9,22H,10-11H2,1H3. The fourth-order valence-electron chi connectivity index (χ4n) is 3.96.